The van der Waals surface area contributed by atoms with Crippen molar-refractivity contribution in [1.82, 2.24) is 15.2 Å². The Morgan fingerprint density at radius 3 is 2.67 bits per heavy atom. The molecule has 1 aromatic heterocycles. The maximum atomic E-state index is 11.6. The van der Waals surface area contributed by atoms with Gasteiger partial charge in [0.1, 0.15) is 17.7 Å². The number of carbonyl (C=O) groups excluding carboxylic acids is 1. The summed E-state index contributed by atoms with van der Waals surface area (Å²) in [6.45, 7) is 6.49. The average Bonchev–Trinajstić information content (AvgIpc) is 2.77. The number of ether oxygens (including phenoxy) is 2. The minimum absolute atomic E-state index is 0.269. The number of carbonyl (C=O) groups is 1. The van der Waals surface area contributed by atoms with Crippen LogP contribution in [0.15, 0.2) is 5.16 Å². The van der Waals surface area contributed by atoms with Crippen molar-refractivity contribution < 1.29 is 14.3 Å². The second-order valence-corrected chi connectivity index (χ2v) is 5.39. The molecule has 0 aliphatic rings. The number of methoxy groups -OCH3 is 1. The molecular formula is C11H19N3O3S. The number of esters is 1. The molecule has 0 aliphatic heterocycles. The molecule has 1 rings (SSSR count). The summed E-state index contributed by atoms with van der Waals surface area (Å²) in [5.41, 5.74) is 0. The van der Waals surface area contributed by atoms with Gasteiger partial charge in [0.2, 0.25) is 5.16 Å². The maximum Gasteiger partial charge on any atom is 0.319 e. The van der Waals surface area contributed by atoms with Gasteiger partial charge >= 0.3 is 5.97 Å². The number of rotatable bonds is 7. The smallest absolute Gasteiger partial charge is 0.319 e. The number of hydrogen-bond acceptors (Lipinski definition) is 6. The highest BCUT2D eigenvalue weighted by Gasteiger charge is 2.18. The predicted molar refractivity (Wildman–Crippen MR) is 68.6 cm³/mol. The fraction of sp³-hybridized carbons (Fsp3) is 0.727. The van der Waals surface area contributed by atoms with E-state index in [0.717, 1.165) is 5.82 Å². The van der Waals surface area contributed by atoms with Gasteiger partial charge in [-0.3, -0.25) is 9.89 Å². The van der Waals surface area contributed by atoms with Crippen molar-refractivity contribution in [3.63, 3.8) is 0 Å². The van der Waals surface area contributed by atoms with E-state index < -0.39 is 0 Å². The summed E-state index contributed by atoms with van der Waals surface area (Å²) in [5, 5.41) is 7.13. The Labute approximate surface area is 111 Å². The lowest BCUT2D eigenvalue weighted by atomic mass is 10.2. The third-order valence-electron chi connectivity index (χ3n) is 2.17. The summed E-state index contributed by atoms with van der Waals surface area (Å²) in [6.07, 6.45) is 0. The number of hydrogen-bond donors (Lipinski definition) is 1. The molecule has 0 bridgehead atoms. The normalized spacial score (nSPS) is 12.7. The Morgan fingerprint density at radius 2 is 2.11 bits per heavy atom. The van der Waals surface area contributed by atoms with Crippen LogP contribution in [0, 0.1) is 0 Å². The first-order chi connectivity index (χ1) is 8.54. The predicted octanol–water partition coefficient (Wildman–Crippen LogP) is 1.60. The molecule has 1 N–H and O–H groups in total. The van der Waals surface area contributed by atoms with E-state index in [-0.39, 0.29) is 23.7 Å². The minimum Gasteiger partial charge on any atom is -0.462 e. The van der Waals surface area contributed by atoms with Crippen LogP contribution in [-0.4, -0.2) is 46.7 Å². The summed E-state index contributed by atoms with van der Waals surface area (Å²) in [6, 6.07) is 0. The molecule has 0 aromatic carbocycles. The standard InChI is InChI=1S/C11H19N3O3S/c1-7(2)9-12-11(14-13-9)18-8(3)10(15)17-6-5-16-4/h7-8H,5-6H2,1-4H3,(H,12,13,14). The van der Waals surface area contributed by atoms with Crippen molar-refractivity contribution in [2.75, 3.05) is 20.3 Å². The van der Waals surface area contributed by atoms with Gasteiger partial charge in [0.05, 0.1) is 6.61 Å². The number of nitrogens with zero attached hydrogens (tertiary/aromatic N) is 2. The Bertz CT molecular complexity index is 381. The first-order valence-electron chi connectivity index (χ1n) is 5.79. The molecule has 1 atom stereocenters. The molecule has 7 heteroatoms. The lowest BCUT2D eigenvalue weighted by molar-refractivity contribution is -0.143. The Morgan fingerprint density at radius 1 is 1.39 bits per heavy atom. The van der Waals surface area contributed by atoms with Crippen LogP contribution in [0.2, 0.25) is 0 Å². The molecule has 0 amide bonds. The van der Waals surface area contributed by atoms with E-state index in [1.807, 2.05) is 13.8 Å². The van der Waals surface area contributed by atoms with Gasteiger partial charge in [-0.25, -0.2) is 4.98 Å². The number of thioether (sulfide) groups is 1. The van der Waals surface area contributed by atoms with E-state index in [2.05, 4.69) is 15.2 Å². The summed E-state index contributed by atoms with van der Waals surface area (Å²) >= 11 is 1.28. The highest BCUT2D eigenvalue weighted by atomic mass is 32.2. The Hall–Kier alpha value is -1.08. The van der Waals surface area contributed by atoms with Crippen molar-refractivity contribution in [2.45, 2.75) is 37.1 Å². The van der Waals surface area contributed by atoms with Gasteiger partial charge in [-0.15, -0.1) is 5.10 Å². The first kappa shape index (κ1) is 15.0. The van der Waals surface area contributed by atoms with Gasteiger partial charge in [-0.1, -0.05) is 25.6 Å². The van der Waals surface area contributed by atoms with Gasteiger partial charge in [0.15, 0.2) is 0 Å². The molecule has 0 aliphatic carbocycles. The molecule has 0 spiro atoms. The van der Waals surface area contributed by atoms with E-state index in [1.165, 1.54) is 11.8 Å². The summed E-state index contributed by atoms with van der Waals surface area (Å²) in [7, 11) is 1.56. The maximum absolute atomic E-state index is 11.6. The zero-order valence-electron chi connectivity index (χ0n) is 11.1. The Balaban J connectivity index is 2.42. The van der Waals surface area contributed by atoms with E-state index in [9.17, 15) is 4.79 Å². The van der Waals surface area contributed by atoms with E-state index in [0.29, 0.717) is 11.8 Å². The fourth-order valence-corrected chi connectivity index (χ4v) is 1.85. The third kappa shape index (κ3) is 4.66. The zero-order chi connectivity index (χ0) is 13.5. The summed E-state index contributed by atoms with van der Waals surface area (Å²) < 4.78 is 9.83. The number of H-pyrrole nitrogens is 1. The molecule has 0 saturated heterocycles. The molecule has 1 unspecified atom stereocenters. The molecular weight excluding hydrogens is 254 g/mol. The summed E-state index contributed by atoms with van der Waals surface area (Å²) in [5.74, 6) is 0.821. The van der Waals surface area contributed by atoms with Gasteiger partial charge in [-0.2, -0.15) is 0 Å². The van der Waals surface area contributed by atoms with Crippen LogP contribution in [0.25, 0.3) is 0 Å². The van der Waals surface area contributed by atoms with Crippen LogP contribution in [0.1, 0.15) is 32.5 Å². The molecule has 102 valence electrons. The van der Waals surface area contributed by atoms with Gasteiger partial charge in [0.25, 0.3) is 0 Å². The average molecular weight is 273 g/mol. The van der Waals surface area contributed by atoms with Gasteiger partial charge in [-0.05, 0) is 6.92 Å². The zero-order valence-corrected chi connectivity index (χ0v) is 11.9. The molecule has 0 saturated carbocycles. The van der Waals surface area contributed by atoms with E-state index >= 15 is 0 Å². The SMILES string of the molecule is COCCOC(=O)C(C)Sc1n[nH]c(C(C)C)n1. The van der Waals surface area contributed by atoms with Crippen molar-refractivity contribution >= 4 is 17.7 Å². The minimum atomic E-state index is -0.335. The second kappa shape index (κ2) is 7.38. The molecule has 18 heavy (non-hydrogen) atoms. The topological polar surface area (TPSA) is 77.1 Å². The molecule has 1 heterocycles. The Kier molecular flexibility index (Phi) is 6.14. The van der Waals surface area contributed by atoms with Crippen LogP contribution >= 0.6 is 11.8 Å². The quantitative estimate of drug-likeness (QED) is 0.462. The third-order valence-corrected chi connectivity index (χ3v) is 3.11. The lowest BCUT2D eigenvalue weighted by Crippen LogP contribution is -2.19. The monoisotopic (exact) mass is 273 g/mol. The molecule has 6 nitrogen and oxygen atoms in total. The van der Waals surface area contributed by atoms with Crippen molar-refractivity contribution in [2.24, 2.45) is 0 Å². The van der Waals surface area contributed by atoms with Crippen molar-refractivity contribution in [1.29, 1.82) is 0 Å². The second-order valence-electron chi connectivity index (χ2n) is 4.08. The van der Waals surface area contributed by atoms with Crippen LogP contribution in [0.5, 0.6) is 0 Å². The largest absolute Gasteiger partial charge is 0.462 e. The lowest BCUT2D eigenvalue weighted by Gasteiger charge is -2.08. The summed E-state index contributed by atoms with van der Waals surface area (Å²) in [4.78, 5) is 15.9. The van der Waals surface area contributed by atoms with Crippen LogP contribution in [-0.2, 0) is 14.3 Å². The highest BCUT2D eigenvalue weighted by molar-refractivity contribution is 8.00. The fourth-order valence-electron chi connectivity index (χ4n) is 1.12. The number of nitrogens with one attached hydrogen (secondary N) is 1. The molecule has 0 fully saturated rings. The van der Waals surface area contributed by atoms with E-state index in [1.54, 1.807) is 14.0 Å². The number of aromatic amines is 1. The van der Waals surface area contributed by atoms with Gasteiger partial charge < -0.3 is 9.47 Å². The van der Waals surface area contributed by atoms with Crippen LogP contribution < -0.4 is 0 Å². The van der Waals surface area contributed by atoms with Crippen molar-refractivity contribution in [3.8, 4) is 0 Å². The van der Waals surface area contributed by atoms with Crippen LogP contribution in [0.3, 0.4) is 0 Å². The van der Waals surface area contributed by atoms with E-state index in [4.69, 9.17) is 9.47 Å². The highest BCUT2D eigenvalue weighted by Crippen LogP contribution is 2.21. The molecule has 1 aromatic rings. The first-order valence-corrected chi connectivity index (χ1v) is 6.67. The number of aromatic nitrogens is 3. The van der Waals surface area contributed by atoms with Crippen LogP contribution in [0.4, 0.5) is 0 Å². The van der Waals surface area contributed by atoms with Gasteiger partial charge in [0, 0.05) is 13.0 Å². The molecule has 0 radical (unpaired) electrons. The van der Waals surface area contributed by atoms with Crippen molar-refractivity contribution in [3.05, 3.63) is 5.82 Å².